The normalized spacial score (nSPS) is 9.23. The van der Waals surface area contributed by atoms with E-state index in [2.05, 4.69) is 4.98 Å². The molecule has 0 aromatic carbocycles. The van der Waals surface area contributed by atoms with Gasteiger partial charge in [-0.05, 0) is 6.92 Å². The van der Waals surface area contributed by atoms with Gasteiger partial charge in [-0.2, -0.15) is 10.5 Å². The second-order valence-corrected chi connectivity index (χ2v) is 3.53. The Morgan fingerprint density at radius 1 is 1.62 bits per heavy atom. The lowest BCUT2D eigenvalue weighted by molar-refractivity contribution is 0.0974. The van der Waals surface area contributed by atoms with Gasteiger partial charge in [0, 0.05) is 6.20 Å². The fourth-order valence-electron chi connectivity index (χ4n) is 0.764. The summed E-state index contributed by atoms with van der Waals surface area (Å²) in [6, 6.07) is 3.25. The molecule has 1 rings (SSSR count). The summed E-state index contributed by atoms with van der Waals surface area (Å²) in [6.45, 7) is 1.76. The molecule has 0 spiro atoms. The molecule has 0 saturated heterocycles. The van der Waals surface area contributed by atoms with E-state index in [1.807, 2.05) is 0 Å². The Labute approximate surface area is 79.1 Å². The van der Waals surface area contributed by atoms with Crippen LogP contribution in [0.4, 0.5) is 0 Å². The molecule has 0 saturated carbocycles. The molecule has 0 aliphatic heterocycles. The predicted octanol–water partition coefficient (Wildman–Crippen LogP) is 1.30. The smallest absolute Gasteiger partial charge is 0.205 e. The van der Waals surface area contributed by atoms with E-state index in [1.54, 1.807) is 19.1 Å². The fourth-order valence-corrected chi connectivity index (χ4v) is 1.51. The van der Waals surface area contributed by atoms with Crippen LogP contribution >= 0.6 is 11.3 Å². The molecule has 0 radical (unpaired) electrons. The number of carbonyl (C=O) groups is 1. The molecule has 0 unspecified atom stereocenters. The monoisotopic (exact) mass is 191 g/mol. The van der Waals surface area contributed by atoms with E-state index in [1.165, 1.54) is 17.5 Å². The van der Waals surface area contributed by atoms with E-state index in [4.69, 9.17) is 10.5 Å². The minimum absolute atomic E-state index is 0.366. The number of aryl methyl sites for hydroxylation is 1. The average Bonchev–Trinajstić information content (AvgIpc) is 2.54. The summed E-state index contributed by atoms with van der Waals surface area (Å²) >= 11 is 1.19. The zero-order valence-corrected chi connectivity index (χ0v) is 7.63. The topological polar surface area (TPSA) is 77.5 Å². The van der Waals surface area contributed by atoms with E-state index in [-0.39, 0.29) is 0 Å². The molecule has 0 amide bonds. The minimum atomic E-state index is -1.21. The fraction of sp³-hybridized carbons (Fsp3) is 0.250. The quantitative estimate of drug-likeness (QED) is 0.660. The molecule has 1 heterocycles. The SMILES string of the molecule is Cc1ncc(C(=O)C(C#N)C#N)s1. The summed E-state index contributed by atoms with van der Waals surface area (Å²) in [4.78, 5) is 15.6. The summed E-state index contributed by atoms with van der Waals surface area (Å²) in [7, 11) is 0. The van der Waals surface area contributed by atoms with Crippen molar-refractivity contribution in [2.24, 2.45) is 5.92 Å². The van der Waals surface area contributed by atoms with Crippen molar-refractivity contribution in [3.63, 3.8) is 0 Å². The third kappa shape index (κ3) is 1.90. The Morgan fingerprint density at radius 2 is 2.23 bits per heavy atom. The van der Waals surface area contributed by atoms with Crippen LogP contribution in [0.1, 0.15) is 14.7 Å². The Balaban J connectivity index is 2.94. The molecule has 0 N–H and O–H groups in total. The number of nitrogens with zero attached hydrogens (tertiary/aromatic N) is 3. The summed E-state index contributed by atoms with van der Waals surface area (Å²) in [5, 5.41) is 17.7. The van der Waals surface area contributed by atoms with Crippen LogP contribution in [0.15, 0.2) is 6.20 Å². The second-order valence-electron chi connectivity index (χ2n) is 2.30. The minimum Gasteiger partial charge on any atom is -0.291 e. The number of nitriles is 2. The highest BCUT2D eigenvalue weighted by Gasteiger charge is 2.20. The van der Waals surface area contributed by atoms with E-state index in [9.17, 15) is 4.79 Å². The maximum atomic E-state index is 11.3. The highest BCUT2D eigenvalue weighted by molar-refractivity contribution is 7.13. The Bertz CT molecular complexity index is 396. The first kappa shape index (κ1) is 9.37. The third-order valence-corrected chi connectivity index (χ3v) is 2.31. The van der Waals surface area contributed by atoms with Gasteiger partial charge >= 0.3 is 0 Å². The van der Waals surface area contributed by atoms with Crippen LogP contribution < -0.4 is 0 Å². The van der Waals surface area contributed by atoms with Crippen LogP contribution in [0.2, 0.25) is 0 Å². The van der Waals surface area contributed by atoms with E-state index < -0.39 is 11.7 Å². The van der Waals surface area contributed by atoms with Crippen LogP contribution in [0.5, 0.6) is 0 Å². The van der Waals surface area contributed by atoms with Gasteiger partial charge in [0.05, 0.1) is 22.0 Å². The number of rotatable bonds is 2. The summed E-state index contributed by atoms with van der Waals surface area (Å²) < 4.78 is 0. The van der Waals surface area contributed by atoms with Gasteiger partial charge in [-0.3, -0.25) is 4.79 Å². The number of hydrogen-bond donors (Lipinski definition) is 0. The summed E-state index contributed by atoms with van der Waals surface area (Å²) in [5.74, 6) is -1.67. The van der Waals surface area contributed by atoms with Gasteiger partial charge in [-0.15, -0.1) is 11.3 Å². The molecule has 0 fully saturated rings. The van der Waals surface area contributed by atoms with Gasteiger partial charge in [0.15, 0.2) is 5.92 Å². The van der Waals surface area contributed by atoms with Crippen molar-refractivity contribution in [1.29, 1.82) is 10.5 Å². The number of aromatic nitrogens is 1. The number of carbonyl (C=O) groups excluding carboxylic acids is 1. The standard InChI is InChI=1S/C8H5N3OS/c1-5-11-4-7(13-5)8(12)6(2-9)3-10/h4,6H,1H3. The first-order valence-corrected chi connectivity index (χ1v) is 4.26. The molecule has 0 atom stereocenters. The number of ketones is 1. The van der Waals surface area contributed by atoms with E-state index in [0.29, 0.717) is 4.88 Å². The lowest BCUT2D eigenvalue weighted by atomic mass is 10.1. The van der Waals surface area contributed by atoms with Crippen LogP contribution in [-0.4, -0.2) is 10.8 Å². The molecule has 0 aliphatic rings. The van der Waals surface area contributed by atoms with Gasteiger partial charge in [-0.1, -0.05) is 0 Å². The van der Waals surface area contributed by atoms with Crippen molar-refractivity contribution in [2.75, 3.05) is 0 Å². The van der Waals surface area contributed by atoms with Crippen molar-refractivity contribution in [3.05, 3.63) is 16.1 Å². The number of thiazole rings is 1. The molecular weight excluding hydrogens is 186 g/mol. The number of Topliss-reactive ketones (excluding diaryl/α,β-unsaturated/α-hetero) is 1. The molecular formula is C8H5N3OS. The molecule has 13 heavy (non-hydrogen) atoms. The lowest BCUT2D eigenvalue weighted by Crippen LogP contribution is -2.08. The van der Waals surface area contributed by atoms with Gasteiger partial charge < -0.3 is 0 Å². The van der Waals surface area contributed by atoms with Crippen molar-refractivity contribution in [1.82, 2.24) is 4.98 Å². The van der Waals surface area contributed by atoms with E-state index in [0.717, 1.165) is 5.01 Å². The lowest BCUT2D eigenvalue weighted by Gasteiger charge is -1.92. The van der Waals surface area contributed by atoms with E-state index >= 15 is 0 Å². The number of hydrogen-bond acceptors (Lipinski definition) is 5. The van der Waals surface area contributed by atoms with Gasteiger partial charge in [0.2, 0.25) is 5.78 Å². The van der Waals surface area contributed by atoms with Crippen LogP contribution in [0.25, 0.3) is 0 Å². The molecule has 0 aliphatic carbocycles. The maximum absolute atomic E-state index is 11.3. The molecule has 4 nitrogen and oxygen atoms in total. The average molecular weight is 191 g/mol. The van der Waals surface area contributed by atoms with Crippen molar-refractivity contribution >= 4 is 17.1 Å². The zero-order chi connectivity index (χ0) is 9.84. The molecule has 5 heteroatoms. The van der Waals surface area contributed by atoms with Gasteiger partial charge in [0.25, 0.3) is 0 Å². The highest BCUT2D eigenvalue weighted by atomic mass is 32.1. The molecule has 1 aromatic rings. The highest BCUT2D eigenvalue weighted by Crippen LogP contribution is 2.15. The Morgan fingerprint density at radius 3 is 2.62 bits per heavy atom. The van der Waals surface area contributed by atoms with Crippen LogP contribution in [0, 0.1) is 35.5 Å². The van der Waals surface area contributed by atoms with Crippen molar-refractivity contribution in [3.8, 4) is 12.1 Å². The first-order valence-electron chi connectivity index (χ1n) is 3.45. The second kappa shape index (κ2) is 3.79. The molecule has 0 bridgehead atoms. The predicted molar refractivity (Wildman–Crippen MR) is 45.9 cm³/mol. The van der Waals surface area contributed by atoms with Crippen molar-refractivity contribution < 1.29 is 4.79 Å². The first-order chi connectivity index (χ1) is 6.19. The maximum Gasteiger partial charge on any atom is 0.205 e. The summed E-state index contributed by atoms with van der Waals surface area (Å²) in [5.41, 5.74) is 0. The van der Waals surface area contributed by atoms with Gasteiger partial charge in [-0.25, -0.2) is 4.98 Å². The van der Waals surface area contributed by atoms with Crippen molar-refractivity contribution in [2.45, 2.75) is 6.92 Å². The molecule has 1 aromatic heterocycles. The Kier molecular flexibility index (Phi) is 2.73. The zero-order valence-electron chi connectivity index (χ0n) is 6.81. The Hall–Kier alpha value is -1.72. The largest absolute Gasteiger partial charge is 0.291 e. The molecule has 64 valence electrons. The van der Waals surface area contributed by atoms with Gasteiger partial charge in [0.1, 0.15) is 0 Å². The van der Waals surface area contributed by atoms with Crippen LogP contribution in [-0.2, 0) is 0 Å². The third-order valence-electron chi connectivity index (χ3n) is 1.38. The van der Waals surface area contributed by atoms with Crippen LogP contribution in [0.3, 0.4) is 0 Å². The summed E-state index contributed by atoms with van der Waals surface area (Å²) in [6.07, 6.45) is 1.39.